The molecule has 1 saturated heterocycles. The number of carbonyl (C=O) groups is 1. The summed E-state index contributed by atoms with van der Waals surface area (Å²) in [7, 11) is 0. The lowest BCUT2D eigenvalue weighted by atomic mass is 9.79. The number of halogens is 2. The molecule has 6 nitrogen and oxygen atoms in total. The van der Waals surface area contributed by atoms with Crippen LogP contribution in [0.2, 0.25) is 0 Å². The number of hydrogen-bond acceptors (Lipinski definition) is 4. The number of carbonyl (C=O) groups excluding carboxylic acids is 1. The molecule has 1 fully saturated rings. The van der Waals surface area contributed by atoms with Crippen molar-refractivity contribution in [2.24, 2.45) is 11.1 Å². The van der Waals surface area contributed by atoms with Gasteiger partial charge in [0.25, 0.3) is 11.6 Å². The first-order valence-electron chi connectivity index (χ1n) is 6.71. The normalized spacial score (nSPS) is 20.2. The molecule has 1 unspecified atom stereocenters. The molecule has 1 atom stereocenters. The highest BCUT2D eigenvalue weighted by molar-refractivity contribution is 5.98. The van der Waals surface area contributed by atoms with Gasteiger partial charge in [-0.1, -0.05) is 13.8 Å². The Kier molecular flexibility index (Phi) is 5.48. The zero-order valence-corrected chi connectivity index (χ0v) is 13.2. The Bertz CT molecular complexity index is 595. The molecule has 0 radical (unpaired) electrons. The van der Waals surface area contributed by atoms with Gasteiger partial charge in [0, 0.05) is 19.1 Å². The van der Waals surface area contributed by atoms with E-state index in [-0.39, 0.29) is 29.4 Å². The monoisotopic (exact) mass is 331 g/mol. The molecule has 0 bridgehead atoms. The molecule has 1 aromatic rings. The largest absolute Gasteiger partial charge is 0.338 e. The zero-order chi connectivity index (χ0) is 15.8. The third kappa shape index (κ3) is 3.53. The number of piperidine rings is 1. The summed E-state index contributed by atoms with van der Waals surface area (Å²) in [6, 6.07) is 2.97. The average molecular weight is 332 g/mol. The van der Waals surface area contributed by atoms with E-state index in [0.29, 0.717) is 19.5 Å². The highest BCUT2D eigenvalue weighted by Crippen LogP contribution is 2.30. The van der Waals surface area contributed by atoms with Gasteiger partial charge in [-0.05, 0) is 24.0 Å². The van der Waals surface area contributed by atoms with E-state index in [0.717, 1.165) is 18.2 Å². The summed E-state index contributed by atoms with van der Waals surface area (Å²) >= 11 is 0. The van der Waals surface area contributed by atoms with Crippen molar-refractivity contribution in [2.75, 3.05) is 13.1 Å². The molecule has 1 aliphatic heterocycles. The number of amides is 1. The van der Waals surface area contributed by atoms with Gasteiger partial charge in [-0.25, -0.2) is 4.39 Å². The van der Waals surface area contributed by atoms with Crippen molar-refractivity contribution in [3.63, 3.8) is 0 Å². The van der Waals surface area contributed by atoms with Crippen LogP contribution in [0.5, 0.6) is 0 Å². The van der Waals surface area contributed by atoms with Crippen LogP contribution in [0.1, 0.15) is 30.6 Å². The van der Waals surface area contributed by atoms with E-state index in [4.69, 9.17) is 5.73 Å². The Morgan fingerprint density at radius 1 is 1.50 bits per heavy atom. The van der Waals surface area contributed by atoms with E-state index < -0.39 is 22.3 Å². The lowest BCUT2D eigenvalue weighted by molar-refractivity contribution is -0.385. The molecule has 8 heteroatoms. The lowest BCUT2D eigenvalue weighted by Crippen LogP contribution is -2.54. The van der Waals surface area contributed by atoms with Gasteiger partial charge in [-0.3, -0.25) is 14.9 Å². The summed E-state index contributed by atoms with van der Waals surface area (Å²) in [5, 5.41) is 11.0. The molecule has 0 aliphatic carbocycles. The van der Waals surface area contributed by atoms with E-state index >= 15 is 0 Å². The van der Waals surface area contributed by atoms with Crippen molar-refractivity contribution < 1.29 is 14.1 Å². The molecular weight excluding hydrogens is 313 g/mol. The van der Waals surface area contributed by atoms with Gasteiger partial charge < -0.3 is 10.6 Å². The maximum absolute atomic E-state index is 13.1. The summed E-state index contributed by atoms with van der Waals surface area (Å²) < 4.78 is 13.1. The van der Waals surface area contributed by atoms with Crippen molar-refractivity contribution in [2.45, 2.75) is 26.3 Å². The van der Waals surface area contributed by atoms with Crippen LogP contribution in [0.25, 0.3) is 0 Å². The van der Waals surface area contributed by atoms with Crippen LogP contribution in [0.15, 0.2) is 18.2 Å². The zero-order valence-electron chi connectivity index (χ0n) is 12.4. The van der Waals surface area contributed by atoms with E-state index in [1.54, 1.807) is 4.90 Å². The summed E-state index contributed by atoms with van der Waals surface area (Å²) in [5.74, 6) is -1.19. The molecule has 0 spiro atoms. The standard InChI is InChI=1S/C14H18FN3O3.ClH/c1-14(2)8-17(6-5-12(14)16)13(19)10-4-3-9(15)7-11(10)18(20)21;/h3-4,7,12H,5-6,8,16H2,1-2H3;1H. The fourth-order valence-electron chi connectivity index (χ4n) is 2.55. The van der Waals surface area contributed by atoms with Crippen molar-refractivity contribution >= 4 is 24.0 Å². The average Bonchev–Trinajstić information content (AvgIpc) is 2.41. The quantitative estimate of drug-likeness (QED) is 0.665. The molecule has 0 saturated carbocycles. The first-order chi connectivity index (χ1) is 9.72. The van der Waals surface area contributed by atoms with E-state index in [1.165, 1.54) is 0 Å². The first kappa shape index (κ1) is 18.3. The molecule has 0 aromatic heterocycles. The fourth-order valence-corrected chi connectivity index (χ4v) is 2.55. The van der Waals surface area contributed by atoms with Gasteiger partial charge in [-0.2, -0.15) is 0 Å². The minimum absolute atomic E-state index is 0. The number of benzene rings is 1. The van der Waals surface area contributed by atoms with E-state index in [2.05, 4.69) is 0 Å². The molecule has 2 N–H and O–H groups in total. The topological polar surface area (TPSA) is 89.5 Å². The fraction of sp³-hybridized carbons (Fsp3) is 0.500. The minimum Gasteiger partial charge on any atom is -0.338 e. The predicted molar refractivity (Wildman–Crippen MR) is 82.6 cm³/mol. The highest BCUT2D eigenvalue weighted by atomic mass is 35.5. The van der Waals surface area contributed by atoms with Gasteiger partial charge in [0.15, 0.2) is 0 Å². The van der Waals surface area contributed by atoms with Crippen LogP contribution in [0, 0.1) is 21.3 Å². The number of nitro groups is 1. The second kappa shape index (κ2) is 6.58. The Morgan fingerprint density at radius 2 is 2.14 bits per heavy atom. The molecule has 1 amide bonds. The first-order valence-corrected chi connectivity index (χ1v) is 6.71. The Labute approximate surface area is 134 Å². The smallest absolute Gasteiger partial charge is 0.285 e. The third-order valence-electron chi connectivity index (χ3n) is 3.99. The van der Waals surface area contributed by atoms with Crippen molar-refractivity contribution in [3.05, 3.63) is 39.7 Å². The maximum Gasteiger partial charge on any atom is 0.285 e. The summed E-state index contributed by atoms with van der Waals surface area (Å²) in [5.41, 5.74) is 5.16. The summed E-state index contributed by atoms with van der Waals surface area (Å²) in [6.45, 7) is 4.77. The Morgan fingerprint density at radius 3 is 2.68 bits per heavy atom. The van der Waals surface area contributed by atoms with Crippen LogP contribution in [-0.2, 0) is 0 Å². The predicted octanol–water partition coefficient (Wildman–Crippen LogP) is 2.36. The van der Waals surface area contributed by atoms with Gasteiger partial charge in [0.2, 0.25) is 0 Å². The van der Waals surface area contributed by atoms with Crippen LogP contribution in [-0.4, -0.2) is 34.9 Å². The van der Waals surface area contributed by atoms with Crippen molar-refractivity contribution in [1.29, 1.82) is 0 Å². The minimum atomic E-state index is -0.739. The molecule has 1 aromatic carbocycles. The number of hydrogen-bond donors (Lipinski definition) is 1. The third-order valence-corrected chi connectivity index (χ3v) is 3.99. The van der Waals surface area contributed by atoms with Gasteiger partial charge in [-0.15, -0.1) is 12.4 Å². The van der Waals surface area contributed by atoms with Crippen molar-refractivity contribution in [3.8, 4) is 0 Å². The van der Waals surface area contributed by atoms with Gasteiger partial charge in [0.1, 0.15) is 11.4 Å². The molecule has 22 heavy (non-hydrogen) atoms. The number of nitrogens with zero attached hydrogens (tertiary/aromatic N) is 2. The second-order valence-electron chi connectivity index (χ2n) is 6.03. The molecule has 2 rings (SSSR count). The molecular formula is C14H19ClFN3O3. The number of rotatable bonds is 2. The maximum atomic E-state index is 13.1. The molecule has 122 valence electrons. The lowest BCUT2D eigenvalue weighted by Gasteiger charge is -2.42. The number of nitrogens with two attached hydrogens (primary N) is 1. The van der Waals surface area contributed by atoms with E-state index in [9.17, 15) is 19.3 Å². The van der Waals surface area contributed by atoms with Gasteiger partial charge >= 0.3 is 0 Å². The van der Waals surface area contributed by atoms with Gasteiger partial charge in [0.05, 0.1) is 11.0 Å². The SMILES string of the molecule is CC1(C)CN(C(=O)c2ccc(F)cc2[N+](=O)[O-])CCC1N.Cl. The second-order valence-corrected chi connectivity index (χ2v) is 6.03. The van der Waals surface area contributed by atoms with E-state index in [1.807, 2.05) is 13.8 Å². The van der Waals surface area contributed by atoms with Crippen LogP contribution in [0.4, 0.5) is 10.1 Å². The molecule has 1 aliphatic rings. The summed E-state index contributed by atoms with van der Waals surface area (Å²) in [4.78, 5) is 24.3. The number of nitro benzene ring substituents is 1. The highest BCUT2D eigenvalue weighted by Gasteiger charge is 2.37. The molecule has 1 heterocycles. The van der Waals surface area contributed by atoms with Crippen LogP contribution in [0.3, 0.4) is 0 Å². The van der Waals surface area contributed by atoms with Crippen molar-refractivity contribution in [1.82, 2.24) is 4.90 Å². The van der Waals surface area contributed by atoms with Crippen LogP contribution < -0.4 is 5.73 Å². The Hall–Kier alpha value is -1.73. The number of likely N-dealkylation sites (tertiary alicyclic amines) is 1. The Balaban J connectivity index is 0.00000242. The summed E-state index contributed by atoms with van der Waals surface area (Å²) in [6.07, 6.45) is 0.633. The van der Waals surface area contributed by atoms with Crippen LogP contribution >= 0.6 is 12.4 Å².